The maximum absolute atomic E-state index is 11.0. The monoisotopic (exact) mass is 252 g/mol. The van der Waals surface area contributed by atoms with Gasteiger partial charge >= 0.3 is 0 Å². The molecule has 1 aromatic heterocycles. The third-order valence-electron chi connectivity index (χ3n) is 2.39. The third kappa shape index (κ3) is 3.87. The molecule has 3 N–H and O–H groups in total. The maximum Gasteiger partial charge on any atom is 0.221 e. The molecule has 0 bridgehead atoms. The largest absolute Gasteiger partial charge is 0.478 e. The predicted molar refractivity (Wildman–Crippen MR) is 69.5 cm³/mol. The van der Waals surface area contributed by atoms with Crippen molar-refractivity contribution in [2.45, 2.75) is 39.7 Å². The predicted octanol–water partition coefficient (Wildman–Crippen LogP) is 1.25. The summed E-state index contributed by atoms with van der Waals surface area (Å²) >= 11 is 0. The fourth-order valence-electron chi connectivity index (χ4n) is 1.64. The zero-order chi connectivity index (χ0) is 13.8. The Morgan fingerprint density at radius 3 is 2.72 bits per heavy atom. The zero-order valence-electron chi connectivity index (χ0n) is 11.3. The van der Waals surface area contributed by atoms with Crippen LogP contribution in [0.3, 0.4) is 0 Å². The summed E-state index contributed by atoms with van der Waals surface area (Å²) < 4.78 is 5.39. The summed E-state index contributed by atoms with van der Waals surface area (Å²) in [5.74, 6) is 0.841. The number of carbonyl (C=O) groups is 1. The van der Waals surface area contributed by atoms with E-state index in [4.69, 9.17) is 10.5 Å². The summed E-state index contributed by atoms with van der Waals surface area (Å²) in [4.78, 5) is 19.2. The summed E-state index contributed by atoms with van der Waals surface area (Å²) in [6.07, 6.45) is 1.65. The lowest BCUT2D eigenvalue weighted by molar-refractivity contribution is -0.118. The first kappa shape index (κ1) is 14.2. The van der Waals surface area contributed by atoms with E-state index in [1.165, 1.54) is 6.33 Å². The molecule has 0 saturated heterocycles. The average Bonchev–Trinajstić information content (AvgIpc) is 2.22. The van der Waals surface area contributed by atoms with Crippen LogP contribution in [0, 0.1) is 6.92 Å². The Kier molecular flexibility index (Phi) is 4.47. The second kappa shape index (κ2) is 5.66. The molecule has 1 aromatic rings. The van der Waals surface area contributed by atoms with Crippen LogP contribution in [0.2, 0.25) is 0 Å². The number of aromatic nitrogens is 2. The molecule has 18 heavy (non-hydrogen) atoms. The number of primary amides is 1. The first-order chi connectivity index (χ1) is 8.35. The van der Waals surface area contributed by atoms with Gasteiger partial charge in [0.05, 0.1) is 12.2 Å². The van der Waals surface area contributed by atoms with Gasteiger partial charge in [0.15, 0.2) is 0 Å². The summed E-state index contributed by atoms with van der Waals surface area (Å²) in [6, 6.07) is 0. The van der Waals surface area contributed by atoms with Gasteiger partial charge in [-0.2, -0.15) is 0 Å². The lowest BCUT2D eigenvalue weighted by atomic mass is 10.00. The van der Waals surface area contributed by atoms with E-state index in [9.17, 15) is 4.79 Å². The van der Waals surface area contributed by atoms with E-state index >= 15 is 0 Å². The molecule has 100 valence electrons. The normalized spacial score (nSPS) is 11.1. The molecule has 0 aromatic carbocycles. The topological polar surface area (TPSA) is 90.1 Å². The minimum Gasteiger partial charge on any atom is -0.478 e. The quantitative estimate of drug-likeness (QED) is 0.795. The Morgan fingerprint density at radius 2 is 2.17 bits per heavy atom. The van der Waals surface area contributed by atoms with Gasteiger partial charge in [-0.1, -0.05) is 0 Å². The number of ether oxygens (including phenoxy) is 1. The molecular weight excluding hydrogens is 232 g/mol. The first-order valence-corrected chi connectivity index (χ1v) is 5.86. The molecule has 0 radical (unpaired) electrons. The van der Waals surface area contributed by atoms with Crippen molar-refractivity contribution in [2.24, 2.45) is 5.73 Å². The molecule has 1 heterocycles. The molecular formula is C12H20N4O2. The zero-order valence-corrected chi connectivity index (χ0v) is 11.3. The molecule has 0 atom stereocenters. The van der Waals surface area contributed by atoms with Gasteiger partial charge in [-0.15, -0.1) is 0 Å². The van der Waals surface area contributed by atoms with Crippen LogP contribution in [0.5, 0.6) is 5.88 Å². The molecule has 0 aliphatic rings. The lowest BCUT2D eigenvalue weighted by Gasteiger charge is -2.26. The average molecular weight is 252 g/mol. The van der Waals surface area contributed by atoms with Crippen molar-refractivity contribution >= 4 is 11.7 Å². The van der Waals surface area contributed by atoms with Crippen molar-refractivity contribution in [1.29, 1.82) is 0 Å². The van der Waals surface area contributed by atoms with Crippen molar-refractivity contribution in [2.75, 3.05) is 11.9 Å². The molecule has 6 heteroatoms. The number of rotatable bonds is 6. The highest BCUT2D eigenvalue weighted by atomic mass is 16.5. The number of anilines is 1. The van der Waals surface area contributed by atoms with Gasteiger partial charge in [0, 0.05) is 12.0 Å². The highest BCUT2D eigenvalue weighted by Crippen LogP contribution is 2.24. The Hall–Kier alpha value is -1.85. The fraction of sp³-hybridized carbons (Fsp3) is 0.583. The Labute approximate surface area is 107 Å². The van der Waals surface area contributed by atoms with Crippen LogP contribution in [0.1, 0.15) is 32.8 Å². The molecule has 0 spiro atoms. The van der Waals surface area contributed by atoms with Crippen LogP contribution in [0.4, 0.5) is 5.82 Å². The van der Waals surface area contributed by atoms with E-state index < -0.39 is 5.54 Å². The number of carbonyl (C=O) groups excluding carboxylic acids is 1. The van der Waals surface area contributed by atoms with Crippen LogP contribution in [0.15, 0.2) is 6.33 Å². The Bertz CT molecular complexity index is 432. The number of nitrogens with zero attached hydrogens (tertiary/aromatic N) is 2. The van der Waals surface area contributed by atoms with Crippen molar-refractivity contribution in [3.63, 3.8) is 0 Å². The molecule has 6 nitrogen and oxygen atoms in total. The molecule has 1 rings (SSSR count). The van der Waals surface area contributed by atoms with Crippen LogP contribution >= 0.6 is 0 Å². The van der Waals surface area contributed by atoms with Gasteiger partial charge in [0.25, 0.3) is 0 Å². The van der Waals surface area contributed by atoms with Crippen LogP contribution in [-0.2, 0) is 4.79 Å². The highest BCUT2D eigenvalue weighted by Gasteiger charge is 2.22. The number of nitrogens with one attached hydrogen (secondary N) is 1. The van der Waals surface area contributed by atoms with Gasteiger partial charge in [-0.05, 0) is 27.7 Å². The Balaban J connectivity index is 2.90. The third-order valence-corrected chi connectivity index (χ3v) is 2.39. The second-order valence-corrected chi connectivity index (χ2v) is 4.74. The number of hydrogen-bond acceptors (Lipinski definition) is 5. The summed E-state index contributed by atoms with van der Waals surface area (Å²) in [5.41, 5.74) is 5.56. The second-order valence-electron chi connectivity index (χ2n) is 4.74. The van der Waals surface area contributed by atoms with E-state index in [-0.39, 0.29) is 12.3 Å². The van der Waals surface area contributed by atoms with Crippen molar-refractivity contribution in [3.8, 4) is 5.88 Å². The van der Waals surface area contributed by atoms with Crippen molar-refractivity contribution in [1.82, 2.24) is 9.97 Å². The molecule has 0 fully saturated rings. The smallest absolute Gasteiger partial charge is 0.221 e. The van der Waals surface area contributed by atoms with Gasteiger partial charge in [-0.25, -0.2) is 9.97 Å². The summed E-state index contributed by atoms with van der Waals surface area (Å²) in [5, 5.41) is 3.18. The molecule has 0 aliphatic carbocycles. The van der Waals surface area contributed by atoms with Crippen molar-refractivity contribution in [3.05, 3.63) is 11.9 Å². The number of amides is 1. The van der Waals surface area contributed by atoms with Crippen molar-refractivity contribution < 1.29 is 9.53 Å². The van der Waals surface area contributed by atoms with Gasteiger partial charge < -0.3 is 15.8 Å². The highest BCUT2D eigenvalue weighted by molar-refractivity contribution is 5.75. The van der Waals surface area contributed by atoms with Gasteiger partial charge in [0.2, 0.25) is 11.8 Å². The lowest BCUT2D eigenvalue weighted by Crippen LogP contribution is -2.36. The molecule has 0 saturated carbocycles. The molecule has 0 unspecified atom stereocenters. The molecule has 0 aliphatic heterocycles. The number of hydrogen-bond donors (Lipinski definition) is 2. The van der Waals surface area contributed by atoms with Crippen LogP contribution in [0.25, 0.3) is 0 Å². The standard InChI is InChI=1S/C12H20N4O2/c1-5-18-11-8(2)10(14-7-15-11)16-12(3,4)6-9(13)17/h7H,5-6H2,1-4H3,(H2,13,17)(H,14,15,16). The van der Waals surface area contributed by atoms with E-state index in [1.54, 1.807) is 0 Å². The minimum atomic E-state index is -0.464. The number of nitrogens with two attached hydrogens (primary N) is 1. The van der Waals surface area contributed by atoms with Gasteiger partial charge in [0.1, 0.15) is 12.1 Å². The summed E-state index contributed by atoms with van der Waals surface area (Å²) in [6.45, 7) is 8.08. The van der Waals surface area contributed by atoms with E-state index in [0.29, 0.717) is 18.3 Å². The van der Waals surface area contributed by atoms with E-state index in [2.05, 4.69) is 15.3 Å². The fourth-order valence-corrected chi connectivity index (χ4v) is 1.64. The molecule has 1 amide bonds. The van der Waals surface area contributed by atoms with E-state index in [1.807, 2.05) is 27.7 Å². The van der Waals surface area contributed by atoms with Crippen LogP contribution in [-0.4, -0.2) is 28.0 Å². The van der Waals surface area contributed by atoms with E-state index in [0.717, 1.165) is 5.56 Å². The minimum absolute atomic E-state index is 0.223. The maximum atomic E-state index is 11.0. The SMILES string of the molecule is CCOc1ncnc(NC(C)(C)CC(N)=O)c1C. The summed E-state index contributed by atoms with van der Waals surface area (Å²) in [7, 11) is 0. The Morgan fingerprint density at radius 1 is 1.50 bits per heavy atom. The van der Waals surface area contributed by atoms with Crippen LogP contribution < -0.4 is 15.8 Å². The van der Waals surface area contributed by atoms with Gasteiger partial charge in [-0.3, -0.25) is 4.79 Å². The first-order valence-electron chi connectivity index (χ1n) is 5.86.